The molecule has 0 heterocycles. The number of likely N-dealkylation sites (N-methyl/N-ethyl adjacent to an activating group) is 1. The predicted octanol–water partition coefficient (Wildman–Crippen LogP) is 11.9. The molecular weight excluding hydrogens is 695 g/mol. The van der Waals surface area contributed by atoms with E-state index < -0.39 is 20.0 Å². The number of aliphatic hydroxyl groups excluding tert-OH is 1. The van der Waals surface area contributed by atoms with E-state index >= 15 is 0 Å². The molecule has 54 heavy (non-hydrogen) atoms. The summed E-state index contributed by atoms with van der Waals surface area (Å²) in [5.41, 5.74) is 0. The Morgan fingerprint density at radius 3 is 1.63 bits per heavy atom. The average Bonchev–Trinajstić information content (AvgIpc) is 3.12. The lowest BCUT2D eigenvalue weighted by Gasteiger charge is -2.25. The van der Waals surface area contributed by atoms with Gasteiger partial charge in [-0.3, -0.25) is 13.8 Å². The van der Waals surface area contributed by atoms with Gasteiger partial charge < -0.3 is 19.8 Å². The standard InChI is InChI=1S/C45H83N2O6P/c1-6-8-10-12-14-16-18-20-22-23-25-27-29-31-33-35-37-39-45(49)46-43(42-53-54(50,51)52-41-40-47(3,4)5)44(48)38-36-34-32-30-28-26-24-21-19-17-15-13-11-9-7-2/h14,16,19-22,28,30,36,38,43-44,48H,6-13,15,17-18,23-27,29,31-35,37,39-42H2,1-5H3,(H-,46,49,50,51)/p+1/b16-14-,21-19+,22-20-,30-28+,38-36+. The van der Waals surface area contributed by atoms with E-state index in [2.05, 4.69) is 67.8 Å². The molecule has 314 valence electrons. The first-order chi connectivity index (χ1) is 26.0. The molecule has 0 aromatic heterocycles. The Morgan fingerprint density at radius 1 is 0.630 bits per heavy atom. The third-order valence-corrected chi connectivity index (χ3v) is 10.2. The molecule has 8 nitrogen and oxygen atoms in total. The van der Waals surface area contributed by atoms with Crippen molar-refractivity contribution in [2.45, 2.75) is 180 Å². The van der Waals surface area contributed by atoms with E-state index in [4.69, 9.17) is 9.05 Å². The maximum Gasteiger partial charge on any atom is 0.472 e. The first-order valence-corrected chi connectivity index (χ1v) is 23.2. The minimum Gasteiger partial charge on any atom is -0.387 e. The molecule has 3 N–H and O–H groups in total. The highest BCUT2D eigenvalue weighted by Crippen LogP contribution is 2.43. The molecule has 0 aliphatic rings. The SMILES string of the molecule is CCCCC/C=C\C/C=C\CCCCCCCCCC(=O)NC(COP(=O)(O)OCC[N+](C)(C)C)C(O)/C=C/CC/C=C/CC/C=C/CCCCCCC. The Morgan fingerprint density at radius 2 is 1.07 bits per heavy atom. The molecule has 0 aliphatic carbocycles. The topological polar surface area (TPSA) is 105 Å². The number of unbranched alkanes of at least 4 members (excludes halogenated alkanes) is 17. The summed E-state index contributed by atoms with van der Waals surface area (Å²) in [5.74, 6) is -0.203. The van der Waals surface area contributed by atoms with Crippen LogP contribution in [0.3, 0.4) is 0 Å². The molecule has 0 bridgehead atoms. The van der Waals surface area contributed by atoms with Gasteiger partial charge >= 0.3 is 7.82 Å². The molecule has 0 spiro atoms. The first kappa shape index (κ1) is 52.2. The van der Waals surface area contributed by atoms with Crippen LogP contribution in [0.25, 0.3) is 0 Å². The molecule has 0 saturated heterocycles. The number of quaternary nitrogens is 1. The normalized spacial score (nSPS) is 15.0. The minimum atomic E-state index is -4.35. The maximum atomic E-state index is 12.8. The Balaban J connectivity index is 4.54. The van der Waals surface area contributed by atoms with Gasteiger partial charge in [-0.1, -0.05) is 145 Å². The molecular formula is C45H84N2O6P+. The second-order valence-electron chi connectivity index (χ2n) is 15.7. The molecule has 0 aromatic rings. The minimum absolute atomic E-state index is 0.0495. The zero-order chi connectivity index (χ0) is 40.0. The highest BCUT2D eigenvalue weighted by atomic mass is 31.2. The fourth-order valence-electron chi connectivity index (χ4n) is 5.69. The second-order valence-corrected chi connectivity index (χ2v) is 17.1. The Kier molecular flexibility index (Phi) is 35.6. The van der Waals surface area contributed by atoms with Gasteiger partial charge in [0.2, 0.25) is 5.91 Å². The van der Waals surface area contributed by atoms with Gasteiger partial charge in [0.25, 0.3) is 0 Å². The molecule has 3 unspecified atom stereocenters. The molecule has 0 saturated carbocycles. The molecule has 0 rings (SSSR count). The monoisotopic (exact) mass is 780 g/mol. The van der Waals surface area contributed by atoms with Crippen molar-refractivity contribution in [2.75, 3.05) is 40.9 Å². The van der Waals surface area contributed by atoms with Crippen LogP contribution in [0.15, 0.2) is 60.8 Å². The van der Waals surface area contributed by atoms with Crippen molar-refractivity contribution in [2.24, 2.45) is 0 Å². The Labute approximate surface area is 332 Å². The highest BCUT2D eigenvalue weighted by molar-refractivity contribution is 7.47. The number of hydrogen-bond donors (Lipinski definition) is 3. The number of allylic oxidation sites excluding steroid dienone is 9. The largest absolute Gasteiger partial charge is 0.472 e. The van der Waals surface area contributed by atoms with E-state index in [0.29, 0.717) is 17.4 Å². The molecule has 0 fully saturated rings. The Bertz CT molecular complexity index is 1060. The van der Waals surface area contributed by atoms with Crippen molar-refractivity contribution in [3.05, 3.63) is 60.8 Å². The van der Waals surface area contributed by atoms with Crippen molar-refractivity contribution in [3.63, 3.8) is 0 Å². The lowest BCUT2D eigenvalue weighted by Crippen LogP contribution is -2.45. The van der Waals surface area contributed by atoms with Crippen LogP contribution >= 0.6 is 7.82 Å². The second kappa shape index (κ2) is 36.8. The first-order valence-electron chi connectivity index (χ1n) is 21.7. The third kappa shape index (κ3) is 38.5. The molecule has 0 aliphatic heterocycles. The van der Waals surface area contributed by atoms with Gasteiger partial charge in [-0.15, -0.1) is 0 Å². The van der Waals surface area contributed by atoms with Crippen LogP contribution in [-0.2, 0) is 18.4 Å². The summed E-state index contributed by atoms with van der Waals surface area (Å²) in [5, 5.41) is 13.8. The molecule has 1 amide bonds. The molecule has 9 heteroatoms. The molecule has 0 radical (unpaired) electrons. The summed E-state index contributed by atoms with van der Waals surface area (Å²) in [7, 11) is 1.53. The Hall–Kier alpha value is -1.80. The number of hydrogen-bond acceptors (Lipinski definition) is 5. The van der Waals surface area contributed by atoms with E-state index in [-0.39, 0.29) is 19.1 Å². The van der Waals surface area contributed by atoms with Crippen LogP contribution in [0.2, 0.25) is 0 Å². The van der Waals surface area contributed by atoms with Gasteiger partial charge in [-0.05, 0) is 77.0 Å². The average molecular weight is 780 g/mol. The van der Waals surface area contributed by atoms with Gasteiger partial charge in [-0.2, -0.15) is 0 Å². The number of nitrogens with zero attached hydrogens (tertiary/aromatic N) is 1. The quantitative estimate of drug-likeness (QED) is 0.0249. The number of phosphoric ester groups is 1. The van der Waals surface area contributed by atoms with Crippen molar-refractivity contribution < 1.29 is 32.9 Å². The van der Waals surface area contributed by atoms with Crippen molar-refractivity contribution >= 4 is 13.7 Å². The lowest BCUT2D eigenvalue weighted by atomic mass is 10.1. The predicted molar refractivity (Wildman–Crippen MR) is 230 cm³/mol. The van der Waals surface area contributed by atoms with Crippen molar-refractivity contribution in [1.82, 2.24) is 5.32 Å². The van der Waals surface area contributed by atoms with E-state index in [1.54, 1.807) is 6.08 Å². The number of rotatable bonds is 38. The number of nitrogens with one attached hydrogen (secondary N) is 1. The van der Waals surface area contributed by atoms with E-state index in [1.807, 2.05) is 27.2 Å². The summed E-state index contributed by atoms with van der Waals surface area (Å²) in [6.45, 7) is 4.72. The third-order valence-electron chi connectivity index (χ3n) is 9.19. The lowest BCUT2D eigenvalue weighted by molar-refractivity contribution is -0.870. The van der Waals surface area contributed by atoms with Gasteiger partial charge in [0.05, 0.1) is 39.9 Å². The van der Waals surface area contributed by atoms with Gasteiger partial charge in [0, 0.05) is 6.42 Å². The smallest absolute Gasteiger partial charge is 0.387 e. The number of amides is 1. The fourth-order valence-corrected chi connectivity index (χ4v) is 6.42. The molecule has 0 aromatic carbocycles. The van der Waals surface area contributed by atoms with Crippen molar-refractivity contribution in [3.8, 4) is 0 Å². The zero-order valence-electron chi connectivity index (χ0n) is 35.4. The van der Waals surface area contributed by atoms with Crippen LogP contribution < -0.4 is 5.32 Å². The van der Waals surface area contributed by atoms with Crippen LogP contribution in [0.5, 0.6) is 0 Å². The van der Waals surface area contributed by atoms with Gasteiger partial charge in [0.1, 0.15) is 13.2 Å². The summed E-state index contributed by atoms with van der Waals surface area (Å²) in [6, 6.07) is -0.874. The fraction of sp³-hybridized carbons (Fsp3) is 0.756. The summed E-state index contributed by atoms with van der Waals surface area (Å²) in [4.78, 5) is 23.1. The van der Waals surface area contributed by atoms with E-state index in [0.717, 1.165) is 64.2 Å². The van der Waals surface area contributed by atoms with Crippen LogP contribution in [-0.4, -0.2) is 73.4 Å². The summed E-state index contributed by atoms with van der Waals surface area (Å²) < 4.78 is 23.5. The van der Waals surface area contributed by atoms with Crippen LogP contribution in [0.1, 0.15) is 168 Å². The number of carbonyl (C=O) groups excluding carboxylic acids is 1. The van der Waals surface area contributed by atoms with E-state index in [9.17, 15) is 19.4 Å². The molecule has 3 atom stereocenters. The van der Waals surface area contributed by atoms with Crippen LogP contribution in [0, 0.1) is 0 Å². The number of phosphoric acid groups is 1. The van der Waals surface area contributed by atoms with E-state index in [1.165, 1.54) is 83.5 Å². The summed E-state index contributed by atoms with van der Waals surface area (Å²) in [6.07, 6.45) is 47.1. The number of aliphatic hydroxyl groups is 1. The summed E-state index contributed by atoms with van der Waals surface area (Å²) >= 11 is 0. The number of carbonyl (C=O) groups is 1. The zero-order valence-corrected chi connectivity index (χ0v) is 36.3. The van der Waals surface area contributed by atoms with Crippen LogP contribution in [0.4, 0.5) is 0 Å². The maximum absolute atomic E-state index is 12.8. The van der Waals surface area contributed by atoms with Gasteiger partial charge in [0.15, 0.2) is 0 Å². The van der Waals surface area contributed by atoms with Gasteiger partial charge in [-0.25, -0.2) is 4.57 Å². The van der Waals surface area contributed by atoms with Crippen molar-refractivity contribution in [1.29, 1.82) is 0 Å². The highest BCUT2D eigenvalue weighted by Gasteiger charge is 2.27.